The predicted octanol–water partition coefficient (Wildman–Crippen LogP) is 5.52. The number of amides is 1. The van der Waals surface area contributed by atoms with E-state index in [4.69, 9.17) is 4.42 Å². The highest BCUT2D eigenvalue weighted by molar-refractivity contribution is 7.99. The van der Waals surface area contributed by atoms with Crippen molar-refractivity contribution in [1.29, 1.82) is 0 Å². The average molecular weight is 421 g/mol. The van der Waals surface area contributed by atoms with Crippen LogP contribution in [-0.4, -0.2) is 23.2 Å². The number of benzene rings is 2. The van der Waals surface area contributed by atoms with Crippen molar-refractivity contribution >= 4 is 29.0 Å². The number of aromatic nitrogens is 1. The molecule has 0 atom stereocenters. The molecule has 0 fully saturated rings. The Hall–Kier alpha value is -2.83. The van der Waals surface area contributed by atoms with E-state index >= 15 is 0 Å². The van der Waals surface area contributed by atoms with Gasteiger partial charge in [-0.05, 0) is 17.9 Å². The van der Waals surface area contributed by atoms with Crippen LogP contribution in [0.25, 0.3) is 22.6 Å². The summed E-state index contributed by atoms with van der Waals surface area (Å²) in [5.74, 6) is 0.970. The number of rotatable bonds is 8. The Bertz CT molecular complexity index is 988. The van der Waals surface area contributed by atoms with E-state index in [0.717, 1.165) is 29.0 Å². The van der Waals surface area contributed by atoms with Gasteiger partial charge in [0.05, 0.1) is 5.75 Å². The normalized spacial score (nSPS) is 10.8. The van der Waals surface area contributed by atoms with Crippen molar-refractivity contribution in [3.05, 3.63) is 83.1 Å². The predicted molar refractivity (Wildman–Crippen MR) is 119 cm³/mol. The van der Waals surface area contributed by atoms with Crippen molar-refractivity contribution in [2.24, 2.45) is 0 Å². The van der Waals surface area contributed by atoms with Gasteiger partial charge < -0.3 is 9.73 Å². The van der Waals surface area contributed by atoms with Crippen LogP contribution < -0.4 is 5.32 Å². The second-order valence-corrected chi connectivity index (χ2v) is 8.32. The fourth-order valence-corrected chi connectivity index (χ4v) is 4.26. The molecule has 1 amide bonds. The zero-order chi connectivity index (χ0) is 19.9. The molecule has 146 valence electrons. The Morgan fingerprint density at radius 2 is 1.69 bits per heavy atom. The molecule has 4 nitrogen and oxygen atoms in total. The Morgan fingerprint density at radius 1 is 0.966 bits per heavy atom. The van der Waals surface area contributed by atoms with Crippen molar-refractivity contribution in [1.82, 2.24) is 10.3 Å². The van der Waals surface area contributed by atoms with Gasteiger partial charge in [0.2, 0.25) is 5.91 Å². The van der Waals surface area contributed by atoms with Crippen LogP contribution in [0.4, 0.5) is 0 Å². The SMILES string of the molecule is O=C(CSc1nc(-c2ccccc2)c(-c2ccccc2)o1)NCCc1cccs1. The van der Waals surface area contributed by atoms with E-state index in [2.05, 4.69) is 16.4 Å². The van der Waals surface area contributed by atoms with E-state index in [1.807, 2.05) is 72.1 Å². The van der Waals surface area contributed by atoms with Crippen molar-refractivity contribution in [3.8, 4) is 22.6 Å². The number of oxazole rings is 1. The maximum atomic E-state index is 12.2. The summed E-state index contributed by atoms with van der Waals surface area (Å²) in [7, 11) is 0. The Kier molecular flexibility index (Phi) is 6.44. The first kappa shape index (κ1) is 19.5. The lowest BCUT2D eigenvalue weighted by atomic mass is 10.1. The van der Waals surface area contributed by atoms with Gasteiger partial charge >= 0.3 is 0 Å². The maximum absolute atomic E-state index is 12.2. The molecule has 0 saturated heterocycles. The molecule has 6 heteroatoms. The molecule has 0 spiro atoms. The molecule has 0 unspecified atom stereocenters. The highest BCUT2D eigenvalue weighted by Gasteiger charge is 2.17. The average Bonchev–Trinajstić information content (AvgIpc) is 3.44. The lowest BCUT2D eigenvalue weighted by Gasteiger charge is -2.02. The van der Waals surface area contributed by atoms with Crippen molar-refractivity contribution in [2.45, 2.75) is 11.6 Å². The zero-order valence-corrected chi connectivity index (χ0v) is 17.3. The maximum Gasteiger partial charge on any atom is 0.257 e. The first-order valence-electron chi connectivity index (χ1n) is 9.33. The summed E-state index contributed by atoms with van der Waals surface area (Å²) in [5.41, 5.74) is 2.74. The third-order valence-electron chi connectivity index (χ3n) is 4.29. The van der Waals surface area contributed by atoms with Crippen molar-refractivity contribution in [2.75, 3.05) is 12.3 Å². The van der Waals surface area contributed by atoms with E-state index in [0.29, 0.717) is 11.8 Å². The van der Waals surface area contributed by atoms with Gasteiger partial charge in [-0.2, -0.15) is 0 Å². The number of thioether (sulfide) groups is 1. The number of nitrogens with zero attached hydrogens (tertiary/aromatic N) is 1. The monoisotopic (exact) mass is 420 g/mol. The summed E-state index contributed by atoms with van der Waals surface area (Å²) in [6.45, 7) is 0.635. The summed E-state index contributed by atoms with van der Waals surface area (Å²) in [6.07, 6.45) is 0.851. The molecular formula is C23H20N2O2S2. The van der Waals surface area contributed by atoms with Gasteiger partial charge in [-0.15, -0.1) is 11.3 Å². The fraction of sp³-hybridized carbons (Fsp3) is 0.130. The highest BCUT2D eigenvalue weighted by Crippen LogP contribution is 2.35. The van der Waals surface area contributed by atoms with Crippen molar-refractivity contribution < 1.29 is 9.21 Å². The largest absolute Gasteiger partial charge is 0.431 e. The summed E-state index contributed by atoms with van der Waals surface area (Å²) in [4.78, 5) is 18.1. The van der Waals surface area contributed by atoms with E-state index in [-0.39, 0.29) is 11.7 Å². The second kappa shape index (κ2) is 9.58. The van der Waals surface area contributed by atoms with Crippen LogP contribution in [0.15, 0.2) is 87.8 Å². The molecule has 2 heterocycles. The van der Waals surface area contributed by atoms with Crippen LogP contribution in [0.3, 0.4) is 0 Å². The Morgan fingerprint density at radius 3 is 2.38 bits per heavy atom. The Balaban J connectivity index is 1.44. The van der Waals surface area contributed by atoms with Crippen LogP contribution in [0.5, 0.6) is 0 Å². The quantitative estimate of drug-likeness (QED) is 0.381. The zero-order valence-electron chi connectivity index (χ0n) is 15.7. The summed E-state index contributed by atoms with van der Waals surface area (Å²) >= 11 is 3.02. The number of carbonyl (C=O) groups is 1. The van der Waals surface area contributed by atoms with Gasteiger partial charge in [-0.25, -0.2) is 4.98 Å². The number of nitrogens with one attached hydrogen (secondary N) is 1. The van der Waals surface area contributed by atoms with Crippen LogP contribution in [-0.2, 0) is 11.2 Å². The molecule has 0 bridgehead atoms. The first-order chi connectivity index (χ1) is 14.3. The molecule has 0 aliphatic carbocycles. The fourth-order valence-electron chi connectivity index (χ4n) is 2.90. The number of carbonyl (C=O) groups excluding carboxylic acids is 1. The molecule has 4 aromatic rings. The first-order valence-corrected chi connectivity index (χ1v) is 11.2. The lowest BCUT2D eigenvalue weighted by Crippen LogP contribution is -2.27. The molecule has 0 aliphatic heterocycles. The minimum Gasteiger partial charge on any atom is -0.431 e. The van der Waals surface area contributed by atoms with Crippen LogP contribution >= 0.6 is 23.1 Å². The molecule has 0 radical (unpaired) electrons. The van der Waals surface area contributed by atoms with E-state index < -0.39 is 0 Å². The second-order valence-electron chi connectivity index (χ2n) is 6.36. The van der Waals surface area contributed by atoms with Gasteiger partial charge in [0.25, 0.3) is 5.22 Å². The van der Waals surface area contributed by atoms with Crippen molar-refractivity contribution in [3.63, 3.8) is 0 Å². The smallest absolute Gasteiger partial charge is 0.257 e. The van der Waals surface area contributed by atoms with Gasteiger partial charge in [-0.1, -0.05) is 78.5 Å². The van der Waals surface area contributed by atoms with Gasteiger partial charge in [0.1, 0.15) is 5.69 Å². The van der Waals surface area contributed by atoms with Gasteiger partial charge in [-0.3, -0.25) is 4.79 Å². The van der Waals surface area contributed by atoms with Gasteiger partial charge in [0.15, 0.2) is 5.76 Å². The van der Waals surface area contributed by atoms with Crippen LogP contribution in [0, 0.1) is 0 Å². The molecule has 4 rings (SSSR count). The number of hydrogen-bond donors (Lipinski definition) is 1. The molecule has 0 saturated carbocycles. The number of hydrogen-bond acceptors (Lipinski definition) is 5. The van der Waals surface area contributed by atoms with Crippen LogP contribution in [0.1, 0.15) is 4.88 Å². The highest BCUT2D eigenvalue weighted by atomic mass is 32.2. The van der Waals surface area contributed by atoms with Crippen LogP contribution in [0.2, 0.25) is 0 Å². The topological polar surface area (TPSA) is 55.1 Å². The molecular weight excluding hydrogens is 400 g/mol. The lowest BCUT2D eigenvalue weighted by molar-refractivity contribution is -0.118. The standard InChI is InChI=1S/C23H20N2O2S2/c26-20(24-14-13-19-12-7-15-28-19)16-29-23-25-21(17-8-3-1-4-9-17)22(27-23)18-10-5-2-6-11-18/h1-12,15H,13-14,16H2,(H,24,26). The van der Waals surface area contributed by atoms with Gasteiger partial charge in [0, 0.05) is 22.5 Å². The molecule has 2 aromatic carbocycles. The third-order valence-corrected chi connectivity index (χ3v) is 6.06. The van der Waals surface area contributed by atoms with E-state index in [1.54, 1.807) is 11.3 Å². The minimum absolute atomic E-state index is 0.0210. The molecule has 29 heavy (non-hydrogen) atoms. The minimum atomic E-state index is -0.0210. The summed E-state index contributed by atoms with van der Waals surface area (Å²) in [5, 5.41) is 5.50. The third kappa shape index (κ3) is 5.16. The summed E-state index contributed by atoms with van der Waals surface area (Å²) in [6, 6.07) is 24.0. The molecule has 0 aliphatic rings. The summed E-state index contributed by atoms with van der Waals surface area (Å²) < 4.78 is 6.04. The molecule has 1 N–H and O–H groups in total. The molecule has 2 aromatic heterocycles. The number of thiophene rings is 1. The van der Waals surface area contributed by atoms with E-state index in [1.165, 1.54) is 16.6 Å². The van der Waals surface area contributed by atoms with E-state index in [9.17, 15) is 4.79 Å². The Labute approximate surface area is 178 Å².